The molecule has 1 atom stereocenters. The molecule has 37 heavy (non-hydrogen) atoms. The van der Waals surface area contributed by atoms with Crippen LogP contribution < -0.4 is 5.32 Å². The maximum absolute atomic E-state index is 12.4. The van der Waals surface area contributed by atoms with Gasteiger partial charge in [0.05, 0.1) is 0 Å². The van der Waals surface area contributed by atoms with Crippen molar-refractivity contribution in [3.63, 3.8) is 0 Å². The topological polar surface area (TPSA) is 49.3 Å². The zero-order valence-electron chi connectivity index (χ0n) is 25.9. The Morgan fingerprint density at radius 2 is 1.16 bits per heavy atom. The molecule has 0 bridgehead atoms. The Labute approximate surface area is 230 Å². The van der Waals surface area contributed by atoms with Crippen molar-refractivity contribution in [2.24, 2.45) is 0 Å². The van der Waals surface area contributed by atoms with Crippen molar-refractivity contribution in [1.29, 1.82) is 0 Å². The first-order chi connectivity index (χ1) is 17.4. The Morgan fingerprint density at radius 1 is 0.757 bits per heavy atom. The minimum absolute atomic E-state index is 0.117. The third-order valence-electron chi connectivity index (χ3n) is 7.57. The summed E-state index contributed by atoms with van der Waals surface area (Å²) < 4.78 is 0. The highest BCUT2D eigenvalue weighted by molar-refractivity contribution is 5.76. The lowest BCUT2D eigenvalue weighted by Gasteiger charge is -2.28. The van der Waals surface area contributed by atoms with Crippen LogP contribution in [0.25, 0.3) is 0 Å². The summed E-state index contributed by atoms with van der Waals surface area (Å²) >= 11 is 0. The molecule has 0 spiro atoms. The summed E-state index contributed by atoms with van der Waals surface area (Å²) in [5.74, 6) is 0.620. The SMILES string of the molecule is CCCCCCCCCCCCCCCC(=O)NC(C)CCc1cc(C(C)(C)C)c(O)c(C(C)(C)C)c1. The van der Waals surface area contributed by atoms with Crippen LogP contribution in [0.4, 0.5) is 0 Å². The number of hydrogen-bond donors (Lipinski definition) is 2. The van der Waals surface area contributed by atoms with Gasteiger partial charge < -0.3 is 10.4 Å². The van der Waals surface area contributed by atoms with Gasteiger partial charge in [-0.3, -0.25) is 4.79 Å². The van der Waals surface area contributed by atoms with Crippen LogP contribution >= 0.6 is 0 Å². The molecule has 0 saturated carbocycles. The molecular weight excluding hydrogens is 454 g/mol. The Bertz CT molecular complexity index is 734. The molecule has 1 aromatic carbocycles. The molecule has 2 N–H and O–H groups in total. The van der Waals surface area contributed by atoms with E-state index in [1.165, 1.54) is 76.2 Å². The van der Waals surface area contributed by atoms with Crippen LogP contribution in [0.3, 0.4) is 0 Å². The minimum atomic E-state index is -0.117. The number of hydrogen-bond acceptors (Lipinski definition) is 2. The smallest absolute Gasteiger partial charge is 0.220 e. The summed E-state index contributed by atoms with van der Waals surface area (Å²) in [7, 11) is 0. The van der Waals surface area contributed by atoms with Crippen molar-refractivity contribution < 1.29 is 9.90 Å². The van der Waals surface area contributed by atoms with Gasteiger partial charge >= 0.3 is 0 Å². The lowest BCUT2D eigenvalue weighted by Crippen LogP contribution is -2.32. The minimum Gasteiger partial charge on any atom is -0.507 e. The van der Waals surface area contributed by atoms with Gasteiger partial charge in [0.15, 0.2) is 0 Å². The number of benzene rings is 1. The molecule has 0 radical (unpaired) electrons. The normalized spacial score (nSPS) is 13.1. The molecule has 1 aromatic rings. The molecule has 0 saturated heterocycles. The number of phenols is 1. The Morgan fingerprint density at radius 3 is 1.57 bits per heavy atom. The largest absolute Gasteiger partial charge is 0.507 e. The van der Waals surface area contributed by atoms with Crippen LogP contribution in [0.15, 0.2) is 12.1 Å². The van der Waals surface area contributed by atoms with E-state index in [-0.39, 0.29) is 22.8 Å². The van der Waals surface area contributed by atoms with E-state index in [0.717, 1.165) is 36.8 Å². The van der Waals surface area contributed by atoms with E-state index in [1.54, 1.807) is 0 Å². The first-order valence-electron chi connectivity index (χ1n) is 15.5. The fourth-order valence-corrected chi connectivity index (χ4v) is 5.09. The Balaban J connectivity index is 2.29. The maximum Gasteiger partial charge on any atom is 0.220 e. The zero-order valence-corrected chi connectivity index (χ0v) is 25.9. The van der Waals surface area contributed by atoms with E-state index in [9.17, 15) is 9.90 Å². The number of carbonyl (C=O) groups is 1. The van der Waals surface area contributed by atoms with E-state index in [4.69, 9.17) is 0 Å². The third-order valence-corrected chi connectivity index (χ3v) is 7.57. The van der Waals surface area contributed by atoms with E-state index in [1.807, 2.05) is 0 Å². The van der Waals surface area contributed by atoms with Crippen molar-refractivity contribution in [2.75, 3.05) is 0 Å². The number of aromatic hydroxyl groups is 1. The summed E-state index contributed by atoms with van der Waals surface area (Å²) in [5, 5.41) is 14.1. The lowest BCUT2D eigenvalue weighted by molar-refractivity contribution is -0.121. The predicted octanol–water partition coefficient (Wildman–Crippen LogP) is 9.91. The van der Waals surface area contributed by atoms with Gasteiger partial charge in [0.2, 0.25) is 5.91 Å². The monoisotopic (exact) mass is 515 g/mol. The quantitative estimate of drug-likeness (QED) is 0.191. The van der Waals surface area contributed by atoms with E-state index < -0.39 is 0 Å². The first-order valence-corrected chi connectivity index (χ1v) is 15.5. The Kier molecular flexibility index (Phi) is 15.5. The number of unbranched alkanes of at least 4 members (excludes halogenated alkanes) is 12. The molecular formula is C34H61NO2. The van der Waals surface area contributed by atoms with E-state index >= 15 is 0 Å². The van der Waals surface area contributed by atoms with Crippen molar-refractivity contribution in [3.05, 3.63) is 28.8 Å². The van der Waals surface area contributed by atoms with Gasteiger partial charge in [-0.05, 0) is 53.7 Å². The second-order valence-corrected chi connectivity index (χ2v) is 13.5. The van der Waals surface area contributed by atoms with Gasteiger partial charge in [-0.2, -0.15) is 0 Å². The number of rotatable bonds is 18. The van der Waals surface area contributed by atoms with Crippen LogP contribution in [-0.2, 0) is 22.0 Å². The van der Waals surface area contributed by atoms with E-state index in [0.29, 0.717) is 12.2 Å². The number of aryl methyl sites for hydroxylation is 1. The van der Waals surface area contributed by atoms with Gasteiger partial charge in [0.1, 0.15) is 5.75 Å². The van der Waals surface area contributed by atoms with Crippen LogP contribution in [0.2, 0.25) is 0 Å². The maximum atomic E-state index is 12.4. The second kappa shape index (κ2) is 17.2. The fourth-order valence-electron chi connectivity index (χ4n) is 5.09. The summed E-state index contributed by atoms with van der Waals surface area (Å²) in [4.78, 5) is 12.4. The fraction of sp³-hybridized carbons (Fsp3) is 0.794. The number of phenolic OH excluding ortho intramolecular Hbond substituents is 1. The lowest BCUT2D eigenvalue weighted by atomic mass is 9.78. The van der Waals surface area contributed by atoms with Crippen molar-refractivity contribution in [2.45, 2.75) is 175 Å². The zero-order chi connectivity index (χ0) is 27.9. The highest BCUT2D eigenvalue weighted by atomic mass is 16.3. The molecule has 1 unspecified atom stereocenters. The van der Waals surface area contributed by atoms with Crippen molar-refractivity contribution >= 4 is 5.91 Å². The third kappa shape index (κ3) is 14.3. The molecule has 0 aromatic heterocycles. The number of carbonyl (C=O) groups excluding carboxylic acids is 1. The highest BCUT2D eigenvalue weighted by Gasteiger charge is 2.26. The molecule has 0 fully saturated rings. The second-order valence-electron chi connectivity index (χ2n) is 13.5. The van der Waals surface area contributed by atoms with Crippen molar-refractivity contribution in [3.8, 4) is 5.75 Å². The molecule has 214 valence electrons. The van der Waals surface area contributed by atoms with Crippen LogP contribution in [-0.4, -0.2) is 17.1 Å². The summed E-state index contributed by atoms with van der Waals surface area (Å²) in [6.45, 7) is 17.3. The standard InChI is InChI=1S/C34H61NO2/c1-9-10-11-12-13-14-15-16-17-18-19-20-21-22-31(36)35-27(2)23-24-28-25-29(33(3,4)5)32(37)30(26-28)34(6,7)8/h25-27,37H,9-24H2,1-8H3,(H,35,36). The molecule has 1 amide bonds. The Hall–Kier alpha value is -1.51. The molecule has 1 rings (SSSR count). The number of amides is 1. The highest BCUT2D eigenvalue weighted by Crippen LogP contribution is 2.40. The number of nitrogens with one attached hydrogen (secondary N) is 1. The van der Waals surface area contributed by atoms with Gasteiger partial charge in [-0.15, -0.1) is 0 Å². The average Bonchev–Trinajstić information content (AvgIpc) is 2.79. The summed E-state index contributed by atoms with van der Waals surface area (Å²) in [6, 6.07) is 4.47. The first kappa shape index (κ1) is 33.5. The predicted molar refractivity (Wildman–Crippen MR) is 162 cm³/mol. The van der Waals surface area contributed by atoms with Crippen molar-refractivity contribution in [1.82, 2.24) is 5.32 Å². The average molecular weight is 516 g/mol. The van der Waals surface area contributed by atoms with Crippen LogP contribution in [0.1, 0.15) is 168 Å². The summed E-state index contributed by atoms with van der Waals surface area (Å²) in [6.07, 6.45) is 19.7. The summed E-state index contributed by atoms with van der Waals surface area (Å²) in [5.41, 5.74) is 3.02. The molecule has 0 aliphatic rings. The van der Waals surface area contributed by atoms with Crippen LogP contribution in [0, 0.1) is 0 Å². The van der Waals surface area contributed by atoms with Gasteiger partial charge in [0.25, 0.3) is 0 Å². The molecule has 0 aliphatic carbocycles. The molecule has 3 nitrogen and oxygen atoms in total. The molecule has 0 heterocycles. The van der Waals surface area contributed by atoms with Crippen LogP contribution in [0.5, 0.6) is 5.75 Å². The van der Waals surface area contributed by atoms with Gasteiger partial charge in [-0.1, -0.05) is 138 Å². The molecule has 3 heteroatoms. The van der Waals surface area contributed by atoms with E-state index in [2.05, 4.69) is 72.8 Å². The van der Waals surface area contributed by atoms with Gasteiger partial charge in [-0.25, -0.2) is 0 Å². The van der Waals surface area contributed by atoms with Gasteiger partial charge in [0, 0.05) is 12.5 Å². The molecule has 0 aliphatic heterocycles.